The van der Waals surface area contributed by atoms with Crippen LogP contribution < -0.4 is 15.4 Å². The van der Waals surface area contributed by atoms with Crippen LogP contribution in [0.5, 0.6) is 5.88 Å². The van der Waals surface area contributed by atoms with Crippen molar-refractivity contribution in [2.24, 2.45) is 0 Å². The van der Waals surface area contributed by atoms with Crippen molar-refractivity contribution in [1.82, 2.24) is 25.5 Å². The minimum atomic E-state index is -0.736. The third-order valence-corrected chi connectivity index (χ3v) is 6.09. The number of hydrogen-bond donors (Lipinski definition) is 3. The Morgan fingerprint density at radius 3 is 2.63 bits per heavy atom. The van der Waals surface area contributed by atoms with Gasteiger partial charge in [0.05, 0.1) is 13.2 Å². The largest absolute Gasteiger partial charge is 0.474 e. The number of aliphatic hydroxyl groups is 1. The SMILES string of the molecule is COC(=O)N1CCC(Oc2cc(C(=O)NCC(O)C3Cc4ccccc4CN3)ncn2)CC1.Cl.Cl. The molecule has 3 N–H and O–H groups in total. The van der Waals surface area contributed by atoms with Gasteiger partial charge in [0.25, 0.3) is 5.91 Å². The second-order valence-corrected chi connectivity index (χ2v) is 8.25. The Labute approximate surface area is 216 Å². The van der Waals surface area contributed by atoms with Gasteiger partial charge in [-0.3, -0.25) is 4.79 Å². The maximum Gasteiger partial charge on any atom is 0.409 e. The Hall–Kier alpha value is -2.66. The summed E-state index contributed by atoms with van der Waals surface area (Å²) in [4.78, 5) is 33.9. The molecule has 2 amide bonds. The van der Waals surface area contributed by atoms with Gasteiger partial charge in [0.2, 0.25) is 5.88 Å². The first kappa shape index (κ1) is 28.6. The maximum atomic E-state index is 12.6. The number of aromatic nitrogens is 2. The van der Waals surface area contributed by atoms with Crippen LogP contribution in [0.25, 0.3) is 0 Å². The molecule has 0 saturated carbocycles. The molecule has 0 radical (unpaired) electrons. The van der Waals surface area contributed by atoms with E-state index < -0.39 is 12.0 Å². The van der Waals surface area contributed by atoms with Crippen molar-refractivity contribution < 1.29 is 24.2 Å². The van der Waals surface area contributed by atoms with Gasteiger partial charge >= 0.3 is 6.09 Å². The zero-order valence-electron chi connectivity index (χ0n) is 19.4. The first-order valence-corrected chi connectivity index (χ1v) is 11.1. The number of halogens is 2. The lowest BCUT2D eigenvalue weighted by molar-refractivity contribution is 0.0766. The fourth-order valence-corrected chi connectivity index (χ4v) is 4.17. The second-order valence-electron chi connectivity index (χ2n) is 8.25. The highest BCUT2D eigenvalue weighted by atomic mass is 35.5. The molecule has 1 aromatic heterocycles. The number of nitrogens with zero attached hydrogens (tertiary/aromatic N) is 3. The summed E-state index contributed by atoms with van der Waals surface area (Å²) in [6.07, 6.45) is 2.08. The number of piperidine rings is 1. The first-order valence-electron chi connectivity index (χ1n) is 11.1. The summed E-state index contributed by atoms with van der Waals surface area (Å²) in [5.41, 5.74) is 2.61. The van der Waals surface area contributed by atoms with Crippen molar-refractivity contribution in [1.29, 1.82) is 0 Å². The van der Waals surface area contributed by atoms with Crippen LogP contribution in [0.3, 0.4) is 0 Å². The molecule has 3 heterocycles. The van der Waals surface area contributed by atoms with E-state index in [-0.39, 0.29) is 55.3 Å². The summed E-state index contributed by atoms with van der Waals surface area (Å²) >= 11 is 0. The molecule has 0 bridgehead atoms. The van der Waals surface area contributed by atoms with Gasteiger partial charge in [-0.2, -0.15) is 0 Å². The van der Waals surface area contributed by atoms with E-state index in [1.165, 1.54) is 30.6 Å². The Morgan fingerprint density at radius 1 is 1.20 bits per heavy atom. The van der Waals surface area contributed by atoms with E-state index in [1.54, 1.807) is 4.90 Å². The third kappa shape index (κ3) is 7.41. The van der Waals surface area contributed by atoms with Crippen LogP contribution >= 0.6 is 24.8 Å². The lowest BCUT2D eigenvalue weighted by Crippen LogP contribution is -2.49. The molecule has 1 saturated heterocycles. The van der Waals surface area contributed by atoms with Crippen molar-refractivity contribution in [2.75, 3.05) is 26.7 Å². The molecule has 2 aliphatic rings. The topological polar surface area (TPSA) is 126 Å². The lowest BCUT2D eigenvalue weighted by atomic mass is 9.93. The van der Waals surface area contributed by atoms with Gasteiger partial charge in [0.1, 0.15) is 18.1 Å². The molecule has 192 valence electrons. The number of rotatable bonds is 6. The van der Waals surface area contributed by atoms with E-state index in [4.69, 9.17) is 9.47 Å². The number of likely N-dealkylation sites (tertiary alicyclic amines) is 1. The molecule has 1 aromatic carbocycles. The standard InChI is InChI=1S/C23H29N5O5.2ClH/c1-32-23(31)28-8-6-17(7-9-28)33-21-11-19(26-14-27-21)22(30)25-13-20(29)18-10-15-4-2-3-5-16(15)12-24-18;;/h2-5,11,14,17-18,20,24,29H,6-10,12-13H2,1H3,(H,25,30);2*1H. The Balaban J connectivity index is 0.00000216. The number of ether oxygens (including phenoxy) is 2. The first-order chi connectivity index (χ1) is 16.0. The lowest BCUT2D eigenvalue weighted by Gasteiger charge is -2.30. The normalized spacial score (nSPS) is 18.2. The number of hydrogen-bond acceptors (Lipinski definition) is 8. The van der Waals surface area contributed by atoms with Gasteiger partial charge in [-0.05, 0) is 17.5 Å². The summed E-state index contributed by atoms with van der Waals surface area (Å²) < 4.78 is 10.6. The molecule has 10 nitrogen and oxygen atoms in total. The fourth-order valence-electron chi connectivity index (χ4n) is 4.17. The summed E-state index contributed by atoms with van der Waals surface area (Å²) in [6.45, 7) is 1.86. The van der Waals surface area contributed by atoms with Crippen LogP contribution in [-0.2, 0) is 17.7 Å². The monoisotopic (exact) mass is 527 g/mol. The molecule has 2 unspecified atom stereocenters. The number of carbonyl (C=O) groups excluding carboxylic acids is 2. The highest BCUT2D eigenvalue weighted by Gasteiger charge is 2.26. The molecular weight excluding hydrogens is 497 g/mol. The van der Waals surface area contributed by atoms with Crippen molar-refractivity contribution in [3.8, 4) is 5.88 Å². The van der Waals surface area contributed by atoms with Crippen LogP contribution in [0.4, 0.5) is 4.79 Å². The number of methoxy groups -OCH3 is 1. The number of amides is 2. The zero-order valence-corrected chi connectivity index (χ0v) is 21.0. The third-order valence-electron chi connectivity index (χ3n) is 6.09. The van der Waals surface area contributed by atoms with E-state index in [9.17, 15) is 14.7 Å². The van der Waals surface area contributed by atoms with E-state index in [1.807, 2.05) is 12.1 Å². The van der Waals surface area contributed by atoms with Gasteiger partial charge in [0, 0.05) is 51.1 Å². The molecule has 2 aliphatic heterocycles. The Morgan fingerprint density at radius 2 is 1.91 bits per heavy atom. The quantitative estimate of drug-likeness (QED) is 0.518. The van der Waals surface area contributed by atoms with Gasteiger partial charge in [-0.25, -0.2) is 14.8 Å². The maximum absolute atomic E-state index is 12.6. The molecule has 2 aromatic rings. The van der Waals surface area contributed by atoms with E-state index >= 15 is 0 Å². The summed E-state index contributed by atoms with van der Waals surface area (Å²) in [7, 11) is 1.36. The van der Waals surface area contributed by atoms with Crippen molar-refractivity contribution in [2.45, 2.75) is 44.1 Å². The minimum absolute atomic E-state index is 0. The number of fused-ring (bicyclic) bond motifs is 1. The highest BCUT2D eigenvalue weighted by Crippen LogP contribution is 2.19. The molecule has 12 heteroatoms. The van der Waals surface area contributed by atoms with Crippen LogP contribution in [-0.4, -0.2) is 77.0 Å². The van der Waals surface area contributed by atoms with Crippen molar-refractivity contribution in [3.05, 3.63) is 53.5 Å². The van der Waals surface area contributed by atoms with Gasteiger partial charge in [-0.15, -0.1) is 24.8 Å². The smallest absolute Gasteiger partial charge is 0.409 e. The molecule has 2 atom stereocenters. The molecule has 0 aliphatic carbocycles. The number of carbonyl (C=O) groups is 2. The van der Waals surface area contributed by atoms with E-state index in [2.05, 4.69) is 32.7 Å². The van der Waals surface area contributed by atoms with E-state index in [0.29, 0.717) is 44.8 Å². The molecular formula is C23H31Cl2N5O5. The van der Waals surface area contributed by atoms with Crippen LogP contribution in [0.15, 0.2) is 36.7 Å². The number of benzene rings is 1. The Bertz CT molecular complexity index is 990. The fraction of sp³-hybridized carbons (Fsp3) is 0.478. The molecule has 35 heavy (non-hydrogen) atoms. The second kappa shape index (κ2) is 13.4. The summed E-state index contributed by atoms with van der Waals surface area (Å²) in [5, 5.41) is 16.6. The average molecular weight is 528 g/mol. The summed E-state index contributed by atoms with van der Waals surface area (Å²) in [6, 6.07) is 9.49. The highest BCUT2D eigenvalue weighted by molar-refractivity contribution is 5.92. The van der Waals surface area contributed by atoms with E-state index in [0.717, 1.165) is 0 Å². The van der Waals surface area contributed by atoms with Gasteiger partial charge < -0.3 is 30.1 Å². The predicted octanol–water partition coefficient (Wildman–Crippen LogP) is 1.73. The molecule has 1 fully saturated rings. The van der Waals surface area contributed by atoms with Crippen LogP contribution in [0.1, 0.15) is 34.5 Å². The zero-order chi connectivity index (χ0) is 23.2. The predicted molar refractivity (Wildman–Crippen MR) is 133 cm³/mol. The Kier molecular flexibility index (Phi) is 11.0. The minimum Gasteiger partial charge on any atom is -0.474 e. The van der Waals surface area contributed by atoms with Gasteiger partial charge in [0.15, 0.2) is 0 Å². The number of aliphatic hydroxyl groups excluding tert-OH is 1. The average Bonchev–Trinajstić information content (AvgIpc) is 2.87. The summed E-state index contributed by atoms with van der Waals surface area (Å²) in [5.74, 6) is -0.101. The van der Waals surface area contributed by atoms with Gasteiger partial charge in [-0.1, -0.05) is 24.3 Å². The van der Waals surface area contributed by atoms with Crippen LogP contribution in [0.2, 0.25) is 0 Å². The van der Waals surface area contributed by atoms with Crippen LogP contribution in [0, 0.1) is 0 Å². The molecule has 0 spiro atoms. The molecule has 4 rings (SSSR count). The number of nitrogens with one attached hydrogen (secondary N) is 2. The van der Waals surface area contributed by atoms with Crippen molar-refractivity contribution in [3.63, 3.8) is 0 Å². The van der Waals surface area contributed by atoms with Crippen molar-refractivity contribution >= 4 is 36.8 Å².